The number of anilines is 1. The molecule has 0 saturated carbocycles. The van der Waals surface area contributed by atoms with Crippen molar-refractivity contribution in [2.75, 3.05) is 39.5 Å². The Morgan fingerprint density at radius 3 is 2.57 bits per heavy atom. The lowest BCUT2D eigenvalue weighted by Gasteiger charge is -2.15. The van der Waals surface area contributed by atoms with E-state index >= 15 is 0 Å². The molecule has 5 rings (SSSR count). The Morgan fingerprint density at radius 2 is 1.84 bits per heavy atom. The molecular weight excluding hydrogens is 470 g/mol. The van der Waals surface area contributed by atoms with Crippen LogP contribution >= 0.6 is 0 Å². The van der Waals surface area contributed by atoms with Crippen LogP contribution in [0.15, 0.2) is 77.9 Å². The monoisotopic (exact) mass is 499 g/mol. The van der Waals surface area contributed by atoms with Crippen molar-refractivity contribution >= 4 is 22.9 Å². The van der Waals surface area contributed by atoms with Crippen LogP contribution in [-0.2, 0) is 4.79 Å². The zero-order valence-corrected chi connectivity index (χ0v) is 20.8. The molecule has 2 aromatic carbocycles. The van der Waals surface area contributed by atoms with E-state index in [-0.39, 0.29) is 23.5 Å². The van der Waals surface area contributed by atoms with Crippen molar-refractivity contribution < 1.29 is 9.53 Å². The van der Waals surface area contributed by atoms with Crippen LogP contribution in [-0.4, -0.2) is 68.5 Å². The maximum Gasteiger partial charge on any atom is 0.335 e. The number of likely N-dealkylation sites (N-methyl/N-ethyl adjacent to an activating group) is 1. The molecule has 1 fully saturated rings. The van der Waals surface area contributed by atoms with Crippen LogP contribution in [0, 0.1) is 0 Å². The summed E-state index contributed by atoms with van der Waals surface area (Å²) in [5, 5.41) is 0. The van der Waals surface area contributed by atoms with Crippen LogP contribution in [0.25, 0.3) is 16.9 Å². The minimum atomic E-state index is -0.277. The fraction of sp³-hybridized carbons (Fsp3) is 0.259. The SMILES string of the molecule is CN(C)C/C=C/C(=O)N1CC[C@H](n2c(=O)n(-c3ccc(Oc4ccccc4)cc3)c3c(N)ncnc32)C1. The number of ether oxygens (including phenoxy) is 1. The number of benzene rings is 2. The van der Waals surface area contributed by atoms with Crippen LogP contribution < -0.4 is 16.2 Å². The Bertz CT molecular complexity index is 1490. The molecule has 0 bridgehead atoms. The summed E-state index contributed by atoms with van der Waals surface area (Å²) in [6.07, 6.45) is 5.43. The molecule has 1 saturated heterocycles. The molecule has 10 heteroatoms. The van der Waals surface area contributed by atoms with E-state index in [0.717, 1.165) is 5.75 Å². The van der Waals surface area contributed by atoms with Gasteiger partial charge in [-0.2, -0.15) is 0 Å². The molecule has 1 aliphatic heterocycles. The van der Waals surface area contributed by atoms with E-state index in [0.29, 0.717) is 48.7 Å². The van der Waals surface area contributed by atoms with E-state index in [1.807, 2.05) is 55.4 Å². The number of aromatic nitrogens is 4. The van der Waals surface area contributed by atoms with Crippen molar-refractivity contribution in [2.24, 2.45) is 0 Å². The third-order valence-corrected chi connectivity index (χ3v) is 6.33. The number of amides is 1. The minimum Gasteiger partial charge on any atom is -0.457 e. The molecule has 10 nitrogen and oxygen atoms in total. The first-order valence-corrected chi connectivity index (χ1v) is 12.1. The van der Waals surface area contributed by atoms with Gasteiger partial charge in [0.25, 0.3) is 0 Å². The highest BCUT2D eigenvalue weighted by atomic mass is 16.5. The molecule has 3 heterocycles. The largest absolute Gasteiger partial charge is 0.457 e. The highest BCUT2D eigenvalue weighted by Gasteiger charge is 2.31. The van der Waals surface area contributed by atoms with Crippen LogP contribution in [0.3, 0.4) is 0 Å². The summed E-state index contributed by atoms with van der Waals surface area (Å²) in [5.74, 6) is 1.51. The average Bonchev–Trinajstić information content (AvgIpc) is 3.48. The first-order chi connectivity index (χ1) is 17.9. The van der Waals surface area contributed by atoms with Gasteiger partial charge in [-0.3, -0.25) is 13.9 Å². The molecule has 0 spiro atoms. The second-order valence-corrected chi connectivity index (χ2v) is 9.22. The van der Waals surface area contributed by atoms with Gasteiger partial charge in [0, 0.05) is 25.7 Å². The average molecular weight is 500 g/mol. The fourth-order valence-electron chi connectivity index (χ4n) is 4.55. The number of carbonyl (C=O) groups is 1. The third kappa shape index (κ3) is 4.96. The molecule has 0 unspecified atom stereocenters. The molecule has 2 aromatic heterocycles. The molecule has 2 N–H and O–H groups in total. The normalized spacial score (nSPS) is 15.8. The van der Waals surface area contributed by atoms with Crippen LogP contribution in [0.1, 0.15) is 12.5 Å². The van der Waals surface area contributed by atoms with Gasteiger partial charge in [0.1, 0.15) is 23.3 Å². The highest BCUT2D eigenvalue weighted by molar-refractivity contribution is 5.88. The maximum atomic E-state index is 13.8. The molecule has 37 heavy (non-hydrogen) atoms. The zero-order chi connectivity index (χ0) is 25.9. The number of hydrogen-bond donors (Lipinski definition) is 1. The Morgan fingerprint density at radius 1 is 1.11 bits per heavy atom. The summed E-state index contributed by atoms with van der Waals surface area (Å²) in [6.45, 7) is 1.65. The third-order valence-electron chi connectivity index (χ3n) is 6.33. The van der Waals surface area contributed by atoms with Crippen LogP contribution in [0.5, 0.6) is 11.5 Å². The molecular formula is C27H29N7O3. The Kier molecular flexibility index (Phi) is 6.74. The number of hydrogen-bond acceptors (Lipinski definition) is 7. The van der Waals surface area contributed by atoms with E-state index in [9.17, 15) is 9.59 Å². The fourth-order valence-corrected chi connectivity index (χ4v) is 4.55. The molecule has 190 valence electrons. The van der Waals surface area contributed by atoms with Crippen molar-refractivity contribution in [1.29, 1.82) is 0 Å². The topological polar surface area (TPSA) is 112 Å². The first-order valence-electron chi connectivity index (χ1n) is 12.1. The maximum absolute atomic E-state index is 13.8. The van der Waals surface area contributed by atoms with Crippen molar-refractivity contribution in [3.63, 3.8) is 0 Å². The van der Waals surface area contributed by atoms with E-state index in [4.69, 9.17) is 10.5 Å². The number of imidazole rings is 1. The van der Waals surface area contributed by atoms with E-state index in [1.54, 1.807) is 39.8 Å². The summed E-state index contributed by atoms with van der Waals surface area (Å²) >= 11 is 0. The van der Waals surface area contributed by atoms with Gasteiger partial charge in [-0.1, -0.05) is 24.3 Å². The van der Waals surface area contributed by atoms with Gasteiger partial charge in [-0.15, -0.1) is 0 Å². The molecule has 1 atom stereocenters. The zero-order valence-electron chi connectivity index (χ0n) is 20.8. The highest BCUT2D eigenvalue weighted by Crippen LogP contribution is 2.28. The lowest BCUT2D eigenvalue weighted by molar-refractivity contribution is -0.125. The number of nitrogens with zero attached hydrogens (tertiary/aromatic N) is 6. The van der Waals surface area contributed by atoms with Crippen molar-refractivity contribution in [1.82, 2.24) is 28.9 Å². The van der Waals surface area contributed by atoms with Gasteiger partial charge < -0.3 is 20.3 Å². The Labute approximate surface area is 214 Å². The predicted molar refractivity (Wildman–Crippen MR) is 142 cm³/mol. The number of para-hydroxylation sites is 1. The number of carbonyl (C=O) groups excluding carboxylic acids is 1. The molecule has 0 aliphatic carbocycles. The summed E-state index contributed by atoms with van der Waals surface area (Å²) < 4.78 is 9.05. The van der Waals surface area contributed by atoms with Gasteiger partial charge in [0.05, 0.1) is 11.7 Å². The molecule has 1 amide bonds. The lowest BCUT2D eigenvalue weighted by atomic mass is 10.2. The van der Waals surface area contributed by atoms with Crippen LogP contribution in [0.4, 0.5) is 5.82 Å². The second-order valence-electron chi connectivity index (χ2n) is 9.22. The summed E-state index contributed by atoms with van der Waals surface area (Å²) in [6, 6.07) is 16.4. The standard InChI is InChI=1S/C27H29N7O3/c1-31(2)15-6-9-23(35)32-16-14-20(17-32)34-26-24(25(28)29-18-30-26)33(27(34)36)19-10-12-22(13-11-19)37-21-7-4-3-5-8-21/h3-13,18,20H,14-17H2,1-2H3,(H2,28,29,30)/b9-6+/t20-/m0/s1. The predicted octanol–water partition coefficient (Wildman–Crippen LogP) is 2.85. The first kappa shape index (κ1) is 24.3. The summed E-state index contributed by atoms with van der Waals surface area (Å²) in [7, 11) is 3.89. The Balaban J connectivity index is 1.46. The minimum absolute atomic E-state index is 0.0655. The van der Waals surface area contributed by atoms with Gasteiger partial charge in [-0.25, -0.2) is 14.8 Å². The van der Waals surface area contributed by atoms with E-state index in [2.05, 4.69) is 9.97 Å². The van der Waals surface area contributed by atoms with E-state index in [1.165, 1.54) is 10.9 Å². The van der Waals surface area contributed by atoms with Gasteiger partial charge >= 0.3 is 5.69 Å². The number of nitrogens with two attached hydrogens (primary N) is 1. The number of nitrogen functional groups attached to an aromatic ring is 1. The van der Waals surface area contributed by atoms with Gasteiger partial charge in [-0.05, 0) is 56.9 Å². The summed E-state index contributed by atoms with van der Waals surface area (Å²) in [4.78, 5) is 38.7. The second kappa shape index (κ2) is 10.3. The van der Waals surface area contributed by atoms with Crippen molar-refractivity contribution in [3.05, 3.63) is 83.6 Å². The number of rotatable bonds is 7. The van der Waals surface area contributed by atoms with Crippen LogP contribution in [0.2, 0.25) is 0 Å². The smallest absolute Gasteiger partial charge is 0.335 e. The molecule has 4 aromatic rings. The van der Waals surface area contributed by atoms with E-state index < -0.39 is 0 Å². The lowest BCUT2D eigenvalue weighted by Crippen LogP contribution is -2.31. The number of likely N-dealkylation sites (tertiary alicyclic amines) is 1. The summed E-state index contributed by atoms with van der Waals surface area (Å²) in [5.41, 5.74) is 7.47. The molecule has 1 aliphatic rings. The number of fused-ring (bicyclic) bond motifs is 1. The quantitative estimate of drug-likeness (QED) is 0.389. The van der Waals surface area contributed by atoms with Gasteiger partial charge in [0.15, 0.2) is 11.5 Å². The van der Waals surface area contributed by atoms with Gasteiger partial charge in [0.2, 0.25) is 5.91 Å². The van der Waals surface area contributed by atoms with Crippen molar-refractivity contribution in [2.45, 2.75) is 12.5 Å². The molecule has 0 radical (unpaired) electrons. The Hall–Kier alpha value is -4.44. The van der Waals surface area contributed by atoms with Crippen molar-refractivity contribution in [3.8, 4) is 17.2 Å².